The van der Waals surface area contributed by atoms with Crippen molar-refractivity contribution in [3.8, 4) is 21.1 Å². The Morgan fingerprint density at radius 1 is 0.913 bits per heavy atom. The number of rotatable bonds is 3. The first kappa shape index (κ1) is 14.0. The smallest absolute Gasteiger partial charge is 0.143 e. The third-order valence-electron chi connectivity index (χ3n) is 3.91. The van der Waals surface area contributed by atoms with Crippen molar-refractivity contribution in [3.05, 3.63) is 66.7 Å². The van der Waals surface area contributed by atoms with Gasteiger partial charge in [-0.2, -0.15) is 0 Å². The Morgan fingerprint density at radius 3 is 2.57 bits per heavy atom. The molecule has 0 aliphatic rings. The van der Waals surface area contributed by atoms with Crippen molar-refractivity contribution in [3.63, 3.8) is 0 Å². The summed E-state index contributed by atoms with van der Waals surface area (Å²) in [7, 11) is 0. The topological polar surface area (TPSA) is 38.7 Å². The number of fused-ring (bicyclic) bond motifs is 1. The van der Waals surface area contributed by atoms with Crippen molar-refractivity contribution in [2.45, 2.75) is 13.3 Å². The zero-order valence-corrected chi connectivity index (χ0v) is 13.5. The minimum Gasteiger partial charge on any atom is -0.264 e. The van der Waals surface area contributed by atoms with E-state index in [4.69, 9.17) is 0 Å². The number of aryl methyl sites for hydroxylation is 1. The minimum absolute atomic E-state index is 0.947. The summed E-state index contributed by atoms with van der Waals surface area (Å²) >= 11 is 1.65. The molecule has 0 saturated carbocycles. The van der Waals surface area contributed by atoms with Crippen molar-refractivity contribution in [2.75, 3.05) is 0 Å². The molecule has 3 heterocycles. The van der Waals surface area contributed by atoms with Crippen molar-refractivity contribution in [1.29, 1.82) is 0 Å². The quantitative estimate of drug-likeness (QED) is 0.535. The van der Waals surface area contributed by atoms with Gasteiger partial charge in [0.05, 0.1) is 4.88 Å². The second-order valence-corrected chi connectivity index (χ2v) is 6.33. The molecular formula is C19H15N3S. The van der Waals surface area contributed by atoms with Crippen molar-refractivity contribution < 1.29 is 0 Å². The molecule has 0 fully saturated rings. The Balaban J connectivity index is 1.86. The van der Waals surface area contributed by atoms with Crippen LogP contribution in [-0.2, 0) is 6.42 Å². The van der Waals surface area contributed by atoms with Crippen LogP contribution < -0.4 is 0 Å². The molecule has 4 rings (SSSR count). The van der Waals surface area contributed by atoms with Gasteiger partial charge >= 0.3 is 0 Å². The average molecular weight is 317 g/mol. The van der Waals surface area contributed by atoms with Gasteiger partial charge in [0.25, 0.3) is 0 Å². The molecule has 1 aromatic carbocycles. The van der Waals surface area contributed by atoms with E-state index in [1.54, 1.807) is 17.5 Å². The predicted octanol–water partition coefficient (Wildman–Crippen LogP) is 4.98. The van der Waals surface area contributed by atoms with Crippen LogP contribution in [0.3, 0.4) is 0 Å². The maximum absolute atomic E-state index is 4.69. The van der Waals surface area contributed by atoms with Gasteiger partial charge in [-0.1, -0.05) is 37.3 Å². The molecule has 4 aromatic rings. The largest absolute Gasteiger partial charge is 0.264 e. The van der Waals surface area contributed by atoms with Crippen LogP contribution in [-0.4, -0.2) is 15.0 Å². The molecule has 0 atom stereocenters. The lowest BCUT2D eigenvalue weighted by Gasteiger charge is -2.07. The van der Waals surface area contributed by atoms with E-state index in [1.165, 1.54) is 16.3 Å². The second kappa shape index (κ2) is 5.89. The standard InChI is InChI=1S/C19H15N3S/c1-2-13-11-21-18(16-8-4-3-7-15(13)16)19-22-12-17(23-19)14-6-5-9-20-10-14/h3-12H,2H2,1H3. The highest BCUT2D eigenvalue weighted by molar-refractivity contribution is 7.18. The Labute approximate surface area is 138 Å². The first-order valence-electron chi connectivity index (χ1n) is 7.60. The van der Waals surface area contributed by atoms with Crippen molar-refractivity contribution in [2.24, 2.45) is 0 Å². The van der Waals surface area contributed by atoms with Gasteiger partial charge < -0.3 is 0 Å². The summed E-state index contributed by atoms with van der Waals surface area (Å²) in [5, 5.41) is 3.37. The molecule has 0 amide bonds. The number of pyridine rings is 2. The van der Waals surface area contributed by atoms with E-state index in [9.17, 15) is 0 Å². The number of nitrogens with zero attached hydrogens (tertiary/aromatic N) is 3. The molecule has 0 bridgehead atoms. The van der Waals surface area contributed by atoms with E-state index >= 15 is 0 Å². The van der Waals surface area contributed by atoms with E-state index < -0.39 is 0 Å². The highest BCUT2D eigenvalue weighted by Gasteiger charge is 2.12. The SMILES string of the molecule is CCc1cnc(-c2ncc(-c3cccnc3)s2)c2ccccc12. The van der Waals surface area contributed by atoms with Crippen LogP contribution >= 0.6 is 11.3 Å². The number of hydrogen-bond acceptors (Lipinski definition) is 4. The number of hydrogen-bond donors (Lipinski definition) is 0. The predicted molar refractivity (Wildman–Crippen MR) is 95.5 cm³/mol. The fourth-order valence-electron chi connectivity index (χ4n) is 2.73. The van der Waals surface area contributed by atoms with Gasteiger partial charge in [0.15, 0.2) is 0 Å². The van der Waals surface area contributed by atoms with Gasteiger partial charge in [0.1, 0.15) is 10.7 Å². The molecule has 0 saturated heterocycles. The maximum Gasteiger partial charge on any atom is 0.143 e. The third-order valence-corrected chi connectivity index (χ3v) is 4.97. The number of benzene rings is 1. The van der Waals surface area contributed by atoms with Gasteiger partial charge in [-0.3, -0.25) is 9.97 Å². The van der Waals surface area contributed by atoms with Gasteiger partial charge in [0.2, 0.25) is 0 Å². The number of aromatic nitrogens is 3. The lowest BCUT2D eigenvalue weighted by Crippen LogP contribution is -1.90. The average Bonchev–Trinajstić information content (AvgIpc) is 3.11. The highest BCUT2D eigenvalue weighted by atomic mass is 32.1. The van der Waals surface area contributed by atoms with Gasteiger partial charge in [-0.25, -0.2) is 4.98 Å². The Morgan fingerprint density at radius 2 is 1.78 bits per heavy atom. The molecule has 0 N–H and O–H groups in total. The van der Waals surface area contributed by atoms with Crippen LogP contribution in [0.4, 0.5) is 0 Å². The summed E-state index contributed by atoms with van der Waals surface area (Å²) < 4.78 is 0. The molecule has 0 spiro atoms. The van der Waals surface area contributed by atoms with Crippen molar-refractivity contribution in [1.82, 2.24) is 15.0 Å². The van der Waals surface area contributed by atoms with Crippen LogP contribution in [0.25, 0.3) is 31.9 Å². The van der Waals surface area contributed by atoms with Crippen LogP contribution in [0.5, 0.6) is 0 Å². The van der Waals surface area contributed by atoms with E-state index in [0.29, 0.717) is 0 Å². The van der Waals surface area contributed by atoms with Gasteiger partial charge in [-0.05, 0) is 23.4 Å². The van der Waals surface area contributed by atoms with Crippen LogP contribution in [0.1, 0.15) is 12.5 Å². The monoisotopic (exact) mass is 317 g/mol. The summed E-state index contributed by atoms with van der Waals surface area (Å²) in [5.74, 6) is 0. The zero-order chi connectivity index (χ0) is 15.6. The lowest BCUT2D eigenvalue weighted by molar-refractivity contribution is 1.13. The molecule has 23 heavy (non-hydrogen) atoms. The fraction of sp³-hybridized carbons (Fsp3) is 0.105. The Hall–Kier alpha value is -2.59. The molecule has 0 radical (unpaired) electrons. The van der Waals surface area contributed by atoms with E-state index in [1.807, 2.05) is 24.7 Å². The Kier molecular flexibility index (Phi) is 3.60. The highest BCUT2D eigenvalue weighted by Crippen LogP contribution is 2.34. The van der Waals surface area contributed by atoms with Gasteiger partial charge in [-0.15, -0.1) is 11.3 Å². The van der Waals surface area contributed by atoms with Crippen LogP contribution in [0, 0.1) is 0 Å². The molecule has 4 heteroatoms. The molecule has 0 unspecified atom stereocenters. The summed E-state index contributed by atoms with van der Waals surface area (Å²) in [4.78, 5) is 14.6. The van der Waals surface area contributed by atoms with E-state index in [0.717, 1.165) is 27.6 Å². The summed E-state index contributed by atoms with van der Waals surface area (Å²) in [6.07, 6.45) is 8.50. The third kappa shape index (κ3) is 2.51. The van der Waals surface area contributed by atoms with Crippen LogP contribution in [0.2, 0.25) is 0 Å². The van der Waals surface area contributed by atoms with E-state index in [-0.39, 0.29) is 0 Å². The summed E-state index contributed by atoms with van der Waals surface area (Å²) in [6.45, 7) is 2.16. The fourth-order valence-corrected chi connectivity index (χ4v) is 3.65. The Bertz CT molecular complexity index is 961. The van der Waals surface area contributed by atoms with Crippen LogP contribution in [0.15, 0.2) is 61.2 Å². The molecule has 112 valence electrons. The minimum atomic E-state index is 0.947. The first-order chi connectivity index (χ1) is 11.4. The maximum atomic E-state index is 4.69. The van der Waals surface area contributed by atoms with E-state index in [2.05, 4.69) is 52.2 Å². The van der Waals surface area contributed by atoms with Gasteiger partial charge in [0, 0.05) is 35.7 Å². The lowest BCUT2D eigenvalue weighted by atomic mass is 10.0. The summed E-state index contributed by atoms with van der Waals surface area (Å²) in [6, 6.07) is 12.4. The molecule has 0 aliphatic heterocycles. The normalized spacial score (nSPS) is 11.0. The van der Waals surface area contributed by atoms with Crippen molar-refractivity contribution >= 4 is 22.1 Å². The first-order valence-corrected chi connectivity index (χ1v) is 8.41. The molecule has 3 aromatic heterocycles. The number of thiazole rings is 1. The molecule has 0 aliphatic carbocycles. The molecule has 3 nitrogen and oxygen atoms in total. The summed E-state index contributed by atoms with van der Waals surface area (Å²) in [5.41, 5.74) is 3.32. The molecular weight excluding hydrogens is 302 g/mol. The zero-order valence-electron chi connectivity index (χ0n) is 12.7. The second-order valence-electron chi connectivity index (χ2n) is 5.30.